The van der Waals surface area contributed by atoms with Crippen LogP contribution in [0, 0.1) is 5.92 Å². The van der Waals surface area contributed by atoms with Crippen LogP contribution >= 0.6 is 11.3 Å². The average Bonchev–Trinajstić information content (AvgIpc) is 3.21. The minimum absolute atomic E-state index is 0.0341. The van der Waals surface area contributed by atoms with Crippen molar-refractivity contribution in [2.75, 3.05) is 5.32 Å². The van der Waals surface area contributed by atoms with Gasteiger partial charge in [0.1, 0.15) is 5.00 Å². The molecule has 4 nitrogen and oxygen atoms in total. The van der Waals surface area contributed by atoms with E-state index in [2.05, 4.69) is 5.32 Å². The smallest absolute Gasteiger partial charge is 0.228 e. The molecule has 0 spiro atoms. The number of carbonyl (C=O) groups is 2. The number of carbonyl (C=O) groups excluding carboxylic acids is 2. The van der Waals surface area contributed by atoms with Crippen molar-refractivity contribution in [1.29, 1.82) is 0 Å². The van der Waals surface area contributed by atoms with Crippen molar-refractivity contribution in [1.82, 2.24) is 0 Å². The Morgan fingerprint density at radius 1 is 1.20 bits per heavy atom. The van der Waals surface area contributed by atoms with Gasteiger partial charge in [-0.2, -0.15) is 0 Å². The summed E-state index contributed by atoms with van der Waals surface area (Å²) in [5.74, 6) is -1.34. The van der Waals surface area contributed by atoms with E-state index in [4.69, 9.17) is 0 Å². The minimum Gasteiger partial charge on any atom is -0.545 e. The summed E-state index contributed by atoms with van der Waals surface area (Å²) in [6.07, 6.45) is 1.76. The first kappa shape index (κ1) is 12.9. The molecule has 0 radical (unpaired) electrons. The SMILES string of the molecule is O=C([O-])c1c(-c2ccccc2)csc1NC(=O)C1CC1. The van der Waals surface area contributed by atoms with Gasteiger partial charge < -0.3 is 15.2 Å². The molecule has 1 N–H and O–H groups in total. The number of nitrogens with one attached hydrogen (secondary N) is 1. The Balaban J connectivity index is 1.97. The second-order valence-corrected chi connectivity index (χ2v) is 5.65. The maximum atomic E-state index is 11.8. The molecule has 0 unspecified atom stereocenters. The molecule has 0 saturated heterocycles. The molecule has 2 aromatic rings. The highest BCUT2D eigenvalue weighted by molar-refractivity contribution is 7.15. The van der Waals surface area contributed by atoms with Crippen LogP contribution in [0.3, 0.4) is 0 Å². The van der Waals surface area contributed by atoms with Gasteiger partial charge in [-0.3, -0.25) is 4.79 Å². The van der Waals surface area contributed by atoms with Crippen LogP contribution in [-0.4, -0.2) is 11.9 Å². The highest BCUT2D eigenvalue weighted by Gasteiger charge is 2.30. The molecular formula is C15H12NO3S-. The summed E-state index contributed by atoms with van der Waals surface area (Å²) in [4.78, 5) is 23.2. The Morgan fingerprint density at radius 2 is 1.90 bits per heavy atom. The molecule has 1 amide bonds. The summed E-state index contributed by atoms with van der Waals surface area (Å²) in [7, 11) is 0. The number of hydrogen-bond acceptors (Lipinski definition) is 4. The summed E-state index contributed by atoms with van der Waals surface area (Å²) in [6.45, 7) is 0. The number of rotatable bonds is 4. The van der Waals surface area contributed by atoms with E-state index < -0.39 is 5.97 Å². The molecule has 20 heavy (non-hydrogen) atoms. The van der Waals surface area contributed by atoms with Gasteiger partial charge in [0.15, 0.2) is 0 Å². The summed E-state index contributed by atoms with van der Waals surface area (Å²) in [5.41, 5.74) is 1.45. The van der Waals surface area contributed by atoms with E-state index in [1.807, 2.05) is 30.3 Å². The van der Waals surface area contributed by atoms with E-state index in [9.17, 15) is 14.7 Å². The predicted molar refractivity (Wildman–Crippen MR) is 75.4 cm³/mol. The zero-order valence-corrected chi connectivity index (χ0v) is 11.4. The minimum atomic E-state index is -1.27. The molecule has 1 aliphatic carbocycles. The van der Waals surface area contributed by atoms with Crippen LogP contribution in [0.5, 0.6) is 0 Å². The lowest BCUT2D eigenvalue weighted by Gasteiger charge is -2.09. The maximum absolute atomic E-state index is 11.8. The number of anilines is 1. The highest BCUT2D eigenvalue weighted by Crippen LogP contribution is 2.37. The third-order valence-electron chi connectivity index (χ3n) is 3.26. The van der Waals surface area contributed by atoms with Crippen molar-refractivity contribution < 1.29 is 14.7 Å². The van der Waals surface area contributed by atoms with Crippen LogP contribution in [0.25, 0.3) is 11.1 Å². The van der Waals surface area contributed by atoms with Gasteiger partial charge in [0.25, 0.3) is 0 Å². The third kappa shape index (κ3) is 2.44. The number of amides is 1. The van der Waals surface area contributed by atoms with Crippen LogP contribution in [-0.2, 0) is 4.79 Å². The van der Waals surface area contributed by atoms with Crippen LogP contribution < -0.4 is 10.4 Å². The van der Waals surface area contributed by atoms with Crippen molar-refractivity contribution in [2.24, 2.45) is 5.92 Å². The summed E-state index contributed by atoms with van der Waals surface area (Å²) < 4.78 is 0. The van der Waals surface area contributed by atoms with Crippen molar-refractivity contribution in [3.05, 3.63) is 41.3 Å². The molecule has 5 heteroatoms. The normalized spacial score (nSPS) is 14.0. The van der Waals surface area contributed by atoms with Gasteiger partial charge in [0.05, 0.1) is 5.97 Å². The van der Waals surface area contributed by atoms with Gasteiger partial charge in [0, 0.05) is 22.4 Å². The standard InChI is InChI=1S/C15H13NO3S/c17-13(10-6-7-10)16-14-12(15(18)19)11(8-20-14)9-4-2-1-3-5-9/h1-5,8,10H,6-7H2,(H,16,17)(H,18,19)/p-1. The zero-order chi connectivity index (χ0) is 14.1. The maximum Gasteiger partial charge on any atom is 0.228 e. The summed E-state index contributed by atoms with van der Waals surface area (Å²) in [5, 5.41) is 16.2. The van der Waals surface area contributed by atoms with Crippen molar-refractivity contribution in [2.45, 2.75) is 12.8 Å². The first-order valence-corrected chi connectivity index (χ1v) is 7.24. The quantitative estimate of drug-likeness (QED) is 0.936. The lowest BCUT2D eigenvalue weighted by molar-refractivity contribution is -0.254. The van der Waals surface area contributed by atoms with Crippen molar-refractivity contribution in [3.63, 3.8) is 0 Å². The summed E-state index contributed by atoms with van der Waals surface area (Å²) >= 11 is 1.22. The third-order valence-corrected chi connectivity index (χ3v) is 4.16. The number of hydrogen-bond donors (Lipinski definition) is 1. The Bertz CT molecular complexity index is 659. The lowest BCUT2D eigenvalue weighted by Crippen LogP contribution is -2.24. The number of carboxylic acid groups (broad SMARTS) is 1. The largest absolute Gasteiger partial charge is 0.545 e. The molecule has 1 heterocycles. The number of aromatic carboxylic acids is 1. The molecule has 3 rings (SSSR count). The lowest BCUT2D eigenvalue weighted by atomic mass is 10.0. The molecule has 0 atom stereocenters. The van der Waals surface area contributed by atoms with E-state index in [1.54, 1.807) is 5.38 Å². The second-order valence-electron chi connectivity index (χ2n) is 4.77. The number of carboxylic acids is 1. The fraction of sp³-hybridized carbons (Fsp3) is 0.200. The monoisotopic (exact) mass is 286 g/mol. The molecule has 1 saturated carbocycles. The predicted octanol–water partition coefficient (Wildman–Crippen LogP) is 2.13. The van der Waals surface area contributed by atoms with Gasteiger partial charge in [-0.25, -0.2) is 0 Å². The molecule has 1 fully saturated rings. The van der Waals surface area contributed by atoms with Gasteiger partial charge in [-0.15, -0.1) is 11.3 Å². The zero-order valence-electron chi connectivity index (χ0n) is 10.6. The fourth-order valence-corrected chi connectivity index (χ4v) is 3.00. The van der Waals surface area contributed by atoms with Crippen LogP contribution in [0.15, 0.2) is 35.7 Å². The Labute approximate surface area is 120 Å². The van der Waals surface area contributed by atoms with Crippen molar-refractivity contribution >= 4 is 28.2 Å². The molecule has 0 bridgehead atoms. The second kappa shape index (κ2) is 5.09. The molecule has 1 aliphatic rings. The molecular weight excluding hydrogens is 274 g/mol. The highest BCUT2D eigenvalue weighted by atomic mass is 32.1. The molecule has 0 aliphatic heterocycles. The van der Waals surface area contributed by atoms with Crippen LogP contribution in [0.2, 0.25) is 0 Å². The molecule has 1 aromatic carbocycles. The first-order valence-electron chi connectivity index (χ1n) is 6.36. The Hall–Kier alpha value is -2.14. The van der Waals surface area contributed by atoms with Gasteiger partial charge in [-0.05, 0) is 18.4 Å². The van der Waals surface area contributed by atoms with E-state index in [1.165, 1.54) is 11.3 Å². The fourth-order valence-electron chi connectivity index (χ4n) is 2.04. The summed E-state index contributed by atoms with van der Waals surface area (Å²) in [6, 6.07) is 9.22. The van der Waals surface area contributed by atoms with Gasteiger partial charge in [0.2, 0.25) is 5.91 Å². The topological polar surface area (TPSA) is 69.2 Å². The van der Waals surface area contributed by atoms with E-state index >= 15 is 0 Å². The Morgan fingerprint density at radius 3 is 2.50 bits per heavy atom. The van der Waals surface area contributed by atoms with E-state index in [0.717, 1.165) is 18.4 Å². The number of benzene rings is 1. The van der Waals surface area contributed by atoms with Crippen LogP contribution in [0.4, 0.5) is 5.00 Å². The Kier molecular flexibility index (Phi) is 3.28. The van der Waals surface area contributed by atoms with Crippen LogP contribution in [0.1, 0.15) is 23.2 Å². The van der Waals surface area contributed by atoms with E-state index in [-0.39, 0.29) is 17.4 Å². The van der Waals surface area contributed by atoms with Gasteiger partial charge >= 0.3 is 0 Å². The first-order chi connectivity index (χ1) is 9.66. The number of thiophene rings is 1. The average molecular weight is 286 g/mol. The van der Waals surface area contributed by atoms with E-state index in [0.29, 0.717) is 10.6 Å². The van der Waals surface area contributed by atoms with Crippen molar-refractivity contribution in [3.8, 4) is 11.1 Å². The molecule has 102 valence electrons. The van der Waals surface area contributed by atoms with Gasteiger partial charge in [-0.1, -0.05) is 30.3 Å². The molecule has 1 aromatic heterocycles.